The maximum absolute atomic E-state index is 12.8. The van der Waals surface area contributed by atoms with Crippen molar-refractivity contribution in [1.82, 2.24) is 9.80 Å². The van der Waals surface area contributed by atoms with Crippen molar-refractivity contribution < 1.29 is 14.3 Å². The molecule has 2 heterocycles. The summed E-state index contributed by atoms with van der Waals surface area (Å²) < 4.78 is 5.32. The highest BCUT2D eigenvalue weighted by atomic mass is 16.5. The first-order chi connectivity index (χ1) is 11.5. The first kappa shape index (κ1) is 17.0. The first-order valence-corrected chi connectivity index (χ1v) is 8.78. The molecule has 1 atom stereocenters. The van der Waals surface area contributed by atoms with Gasteiger partial charge in [0, 0.05) is 31.7 Å². The van der Waals surface area contributed by atoms with Gasteiger partial charge in [-0.05, 0) is 38.8 Å². The number of ether oxygens (including phenoxy) is 1. The number of amides is 2. The Kier molecular flexibility index (Phi) is 5.19. The highest BCUT2D eigenvalue weighted by molar-refractivity contribution is 5.95. The van der Waals surface area contributed by atoms with Crippen molar-refractivity contribution in [2.75, 3.05) is 39.4 Å². The van der Waals surface area contributed by atoms with Gasteiger partial charge in [-0.15, -0.1) is 0 Å². The van der Waals surface area contributed by atoms with Crippen LogP contribution in [-0.4, -0.2) is 61.0 Å². The third kappa shape index (κ3) is 3.78. The fourth-order valence-electron chi connectivity index (χ4n) is 3.69. The van der Waals surface area contributed by atoms with Crippen molar-refractivity contribution in [2.45, 2.75) is 26.7 Å². The summed E-state index contributed by atoms with van der Waals surface area (Å²) in [6.07, 6.45) is 1.75. The van der Waals surface area contributed by atoms with Crippen molar-refractivity contribution in [3.8, 4) is 0 Å². The molecule has 0 radical (unpaired) electrons. The van der Waals surface area contributed by atoms with Gasteiger partial charge in [0.2, 0.25) is 5.91 Å². The highest BCUT2D eigenvalue weighted by Gasteiger charge is 2.32. The van der Waals surface area contributed by atoms with E-state index >= 15 is 0 Å². The van der Waals surface area contributed by atoms with Crippen LogP contribution in [0.5, 0.6) is 0 Å². The Labute approximate surface area is 143 Å². The molecule has 0 bridgehead atoms. The van der Waals surface area contributed by atoms with E-state index in [-0.39, 0.29) is 17.7 Å². The van der Waals surface area contributed by atoms with E-state index in [0.29, 0.717) is 32.8 Å². The van der Waals surface area contributed by atoms with E-state index in [0.717, 1.165) is 36.1 Å². The van der Waals surface area contributed by atoms with Crippen LogP contribution in [-0.2, 0) is 9.53 Å². The fraction of sp³-hybridized carbons (Fsp3) is 0.579. The predicted octanol–water partition coefficient (Wildman–Crippen LogP) is 2.01. The van der Waals surface area contributed by atoms with Crippen LogP contribution in [0.1, 0.15) is 34.3 Å². The van der Waals surface area contributed by atoms with Gasteiger partial charge >= 0.3 is 0 Å². The van der Waals surface area contributed by atoms with Gasteiger partial charge in [0.25, 0.3) is 5.91 Å². The number of benzene rings is 1. The van der Waals surface area contributed by atoms with Crippen LogP contribution in [0.4, 0.5) is 0 Å². The number of carbonyl (C=O) groups excluding carboxylic acids is 2. The van der Waals surface area contributed by atoms with Gasteiger partial charge in [-0.1, -0.05) is 17.2 Å². The van der Waals surface area contributed by atoms with E-state index in [1.54, 1.807) is 0 Å². The van der Waals surface area contributed by atoms with Crippen LogP contribution in [0, 0.1) is 19.8 Å². The molecule has 2 saturated heterocycles. The molecule has 5 heteroatoms. The zero-order valence-electron chi connectivity index (χ0n) is 14.6. The molecule has 2 aliphatic heterocycles. The minimum Gasteiger partial charge on any atom is -0.378 e. The first-order valence-electron chi connectivity index (χ1n) is 8.78. The third-order valence-electron chi connectivity index (χ3n) is 4.85. The lowest BCUT2D eigenvalue weighted by atomic mass is 9.95. The van der Waals surface area contributed by atoms with Crippen molar-refractivity contribution >= 4 is 11.8 Å². The van der Waals surface area contributed by atoms with Crippen molar-refractivity contribution in [2.24, 2.45) is 5.92 Å². The highest BCUT2D eigenvalue weighted by Crippen LogP contribution is 2.22. The summed E-state index contributed by atoms with van der Waals surface area (Å²) in [7, 11) is 0. The Balaban J connectivity index is 1.68. The van der Waals surface area contributed by atoms with Crippen molar-refractivity contribution in [1.29, 1.82) is 0 Å². The van der Waals surface area contributed by atoms with Crippen LogP contribution >= 0.6 is 0 Å². The molecule has 0 saturated carbocycles. The SMILES string of the molecule is Cc1cc(C)cc(C(=O)N2CCCC(C(=O)N3CCOCC3)C2)c1. The Morgan fingerprint density at radius 2 is 1.67 bits per heavy atom. The number of piperidine rings is 1. The summed E-state index contributed by atoms with van der Waals surface area (Å²) in [5, 5.41) is 0. The zero-order chi connectivity index (χ0) is 17.1. The van der Waals surface area contributed by atoms with Crippen molar-refractivity contribution in [3.05, 3.63) is 34.9 Å². The molecule has 2 fully saturated rings. The molecule has 24 heavy (non-hydrogen) atoms. The van der Waals surface area contributed by atoms with E-state index in [4.69, 9.17) is 4.74 Å². The molecule has 0 N–H and O–H groups in total. The monoisotopic (exact) mass is 330 g/mol. The molecule has 0 aromatic heterocycles. The lowest BCUT2D eigenvalue weighted by Gasteiger charge is -2.36. The molecule has 0 aliphatic carbocycles. The van der Waals surface area contributed by atoms with Gasteiger partial charge in [-0.3, -0.25) is 9.59 Å². The number of carbonyl (C=O) groups is 2. The fourth-order valence-corrected chi connectivity index (χ4v) is 3.69. The second kappa shape index (κ2) is 7.34. The molecule has 1 unspecified atom stereocenters. The number of aryl methyl sites for hydroxylation is 2. The summed E-state index contributed by atoms with van der Waals surface area (Å²) in [5.74, 6) is 0.143. The van der Waals surface area contributed by atoms with E-state index < -0.39 is 0 Å². The molecule has 130 valence electrons. The second-order valence-corrected chi connectivity index (χ2v) is 6.90. The number of likely N-dealkylation sites (tertiary alicyclic amines) is 1. The van der Waals surface area contributed by atoms with E-state index in [2.05, 4.69) is 6.07 Å². The molecule has 0 spiro atoms. The normalized spacial score (nSPS) is 21.7. The summed E-state index contributed by atoms with van der Waals surface area (Å²) >= 11 is 0. The summed E-state index contributed by atoms with van der Waals surface area (Å²) in [6, 6.07) is 5.93. The molecule has 3 rings (SSSR count). The Bertz CT molecular complexity index is 603. The van der Waals surface area contributed by atoms with Crippen LogP contribution in [0.2, 0.25) is 0 Å². The van der Waals surface area contributed by atoms with E-state index in [1.165, 1.54) is 0 Å². The number of hydrogen-bond acceptors (Lipinski definition) is 3. The lowest BCUT2D eigenvalue weighted by molar-refractivity contribution is -0.141. The maximum Gasteiger partial charge on any atom is 0.253 e. The van der Waals surface area contributed by atoms with E-state index in [9.17, 15) is 9.59 Å². The predicted molar refractivity (Wildman–Crippen MR) is 91.9 cm³/mol. The van der Waals surface area contributed by atoms with E-state index in [1.807, 2.05) is 35.8 Å². The van der Waals surface area contributed by atoms with Gasteiger partial charge in [-0.25, -0.2) is 0 Å². The van der Waals surface area contributed by atoms with Gasteiger partial charge in [0.1, 0.15) is 0 Å². The van der Waals surface area contributed by atoms with Gasteiger partial charge < -0.3 is 14.5 Å². The molecule has 1 aromatic rings. The Morgan fingerprint density at radius 3 is 2.33 bits per heavy atom. The smallest absolute Gasteiger partial charge is 0.253 e. The number of nitrogens with zero attached hydrogens (tertiary/aromatic N) is 2. The summed E-state index contributed by atoms with van der Waals surface area (Å²) in [5.41, 5.74) is 2.92. The number of rotatable bonds is 2. The van der Waals surface area contributed by atoms with Crippen LogP contribution in [0.3, 0.4) is 0 Å². The molecule has 2 amide bonds. The number of hydrogen-bond donors (Lipinski definition) is 0. The summed E-state index contributed by atoms with van der Waals surface area (Å²) in [6.45, 7) is 7.84. The standard InChI is InChI=1S/C19H26N2O3/c1-14-10-15(2)12-17(11-14)19(23)21-5-3-4-16(13-21)18(22)20-6-8-24-9-7-20/h10-12,16H,3-9,13H2,1-2H3. The average molecular weight is 330 g/mol. The minimum atomic E-state index is -0.0771. The van der Waals surface area contributed by atoms with Gasteiger partial charge in [0.15, 0.2) is 0 Å². The van der Waals surface area contributed by atoms with Crippen LogP contribution in [0.25, 0.3) is 0 Å². The Morgan fingerprint density at radius 1 is 1.00 bits per heavy atom. The molecule has 1 aromatic carbocycles. The average Bonchev–Trinajstić information content (AvgIpc) is 2.60. The topological polar surface area (TPSA) is 49.9 Å². The zero-order valence-corrected chi connectivity index (χ0v) is 14.6. The molecule has 5 nitrogen and oxygen atoms in total. The van der Waals surface area contributed by atoms with Crippen LogP contribution < -0.4 is 0 Å². The van der Waals surface area contributed by atoms with Gasteiger partial charge in [-0.2, -0.15) is 0 Å². The molecular formula is C19H26N2O3. The second-order valence-electron chi connectivity index (χ2n) is 6.90. The Hall–Kier alpha value is -1.88. The largest absolute Gasteiger partial charge is 0.378 e. The maximum atomic E-state index is 12.8. The third-order valence-corrected chi connectivity index (χ3v) is 4.85. The quantitative estimate of drug-likeness (QED) is 0.833. The van der Waals surface area contributed by atoms with Gasteiger partial charge in [0.05, 0.1) is 19.1 Å². The summed E-state index contributed by atoms with van der Waals surface area (Å²) in [4.78, 5) is 29.3. The lowest BCUT2D eigenvalue weighted by Crippen LogP contribution is -2.49. The van der Waals surface area contributed by atoms with Crippen LogP contribution in [0.15, 0.2) is 18.2 Å². The minimum absolute atomic E-state index is 0.0428. The number of morpholine rings is 1. The molecule has 2 aliphatic rings. The van der Waals surface area contributed by atoms with Crippen molar-refractivity contribution in [3.63, 3.8) is 0 Å². The molecular weight excluding hydrogens is 304 g/mol.